The first-order valence-corrected chi connectivity index (χ1v) is 53.1. The van der Waals surface area contributed by atoms with Crippen LogP contribution in [0.15, 0.2) is 177 Å². The summed E-state index contributed by atoms with van der Waals surface area (Å²) in [4.78, 5) is 131. The zero-order valence-electron chi connectivity index (χ0n) is 74.4. The summed E-state index contributed by atoms with van der Waals surface area (Å²) in [6.45, 7) is 10.2. The molecule has 6 amide bonds. The van der Waals surface area contributed by atoms with Crippen molar-refractivity contribution in [3.05, 3.63) is 257 Å². The summed E-state index contributed by atoms with van der Waals surface area (Å²) in [7, 11) is 0. The number of nitro groups is 3. The van der Waals surface area contributed by atoms with Crippen molar-refractivity contribution in [2.45, 2.75) is 170 Å². The summed E-state index contributed by atoms with van der Waals surface area (Å²) in [5, 5.41) is 48.4. The fourth-order valence-corrected chi connectivity index (χ4v) is 37.0. The number of fused-ring (bicyclic) bond motifs is 14. The van der Waals surface area contributed by atoms with Gasteiger partial charge in [-0.15, -0.1) is 69.3 Å². The van der Waals surface area contributed by atoms with Crippen molar-refractivity contribution in [1.29, 1.82) is 0 Å². The smallest absolute Gasteiger partial charge is 0.227 e. The second kappa shape index (κ2) is 33.0. The average molecular weight is 1910 g/mol. The molecule has 3 saturated carbocycles. The lowest BCUT2D eigenvalue weighted by Gasteiger charge is -2.48. The molecule has 10 fully saturated rings. The van der Waals surface area contributed by atoms with E-state index >= 15 is 0 Å². The fraction of sp³-hybridized carbons (Fsp3) is 0.471. The molecule has 3 aliphatic carbocycles. The molecule has 692 valence electrons. The van der Waals surface area contributed by atoms with Crippen molar-refractivity contribution < 1.29 is 53.0 Å². The minimum Gasteiger partial charge on any atom is -0.493 e. The number of thioether (sulfide) groups is 3. The molecule has 21 heterocycles. The monoisotopic (exact) mass is 1910 g/mol. The van der Waals surface area contributed by atoms with E-state index in [9.17, 15) is 59.1 Å². The first-order chi connectivity index (χ1) is 65.2. The van der Waals surface area contributed by atoms with Crippen LogP contribution >= 0.6 is 69.3 Å². The Hall–Kier alpha value is -10.4. The molecule has 29 rings (SSSR count). The number of ether oxygens (including phenoxy) is 2. The van der Waals surface area contributed by atoms with Crippen molar-refractivity contribution >= 4 is 132 Å². The van der Waals surface area contributed by atoms with E-state index in [2.05, 4.69) is 166 Å². The number of thiophene rings is 3. The Morgan fingerprint density at radius 2 is 1.05 bits per heavy atom. The molecule has 5 aromatic heterocycles. The number of aryl methyl sites for hydroxylation is 1. The molecule has 5 aromatic carbocycles. The van der Waals surface area contributed by atoms with Crippen LogP contribution in [0.5, 0.6) is 11.5 Å². The third-order valence-electron chi connectivity index (χ3n) is 34.5. The second-order valence-electron chi connectivity index (χ2n) is 39.7. The van der Waals surface area contributed by atoms with Gasteiger partial charge < -0.3 is 53.7 Å². The first kappa shape index (κ1) is 86.5. The van der Waals surface area contributed by atoms with Gasteiger partial charge in [-0.05, 0) is 176 Å². The Balaban J connectivity index is 0.0000000887. The van der Waals surface area contributed by atoms with Crippen molar-refractivity contribution in [1.82, 2.24) is 39.4 Å². The molecule has 0 radical (unpaired) electrons. The summed E-state index contributed by atoms with van der Waals surface area (Å²) >= 11 is 10.9. The van der Waals surface area contributed by atoms with E-state index in [1.807, 2.05) is 110 Å². The predicted molar refractivity (Wildman–Crippen MR) is 516 cm³/mol. The lowest BCUT2D eigenvalue weighted by atomic mass is 9.70. The van der Waals surface area contributed by atoms with Gasteiger partial charge in [-0.2, -0.15) is 0 Å². The predicted octanol–water partition coefficient (Wildman–Crippen LogP) is 16.2. The van der Waals surface area contributed by atoms with E-state index in [0.717, 1.165) is 155 Å². The highest BCUT2D eigenvalue weighted by Crippen LogP contribution is 2.67. The third-order valence-corrected chi connectivity index (χ3v) is 41.4. The normalized spacial score (nSPS) is 32.2. The molecule has 16 aliphatic heterocycles. The third kappa shape index (κ3) is 12.6. The quantitative estimate of drug-likeness (QED) is 0.115. The van der Waals surface area contributed by atoms with Gasteiger partial charge in [-0.1, -0.05) is 91.0 Å². The Kier molecular flexibility index (Phi) is 21.3. The highest BCUT2D eigenvalue weighted by Gasteiger charge is 2.70. The summed E-state index contributed by atoms with van der Waals surface area (Å²) in [5.74, 6) is 5.32. The molecule has 32 heteroatoms. The molecule has 26 nitrogen and oxygen atoms in total. The minimum absolute atomic E-state index is 0.000984. The van der Waals surface area contributed by atoms with Crippen molar-refractivity contribution in [2.75, 3.05) is 89.3 Å². The van der Waals surface area contributed by atoms with Gasteiger partial charge >= 0.3 is 0 Å². The van der Waals surface area contributed by atoms with Crippen LogP contribution in [0.2, 0.25) is 0 Å². The summed E-state index contributed by atoms with van der Waals surface area (Å²) in [6.07, 6.45) is 14.7. The number of amides is 6. The molecule has 134 heavy (non-hydrogen) atoms. The minimum atomic E-state index is -0.404. The number of H-pyrrole nitrogens is 1. The highest BCUT2D eigenvalue weighted by atomic mass is 32.2. The summed E-state index contributed by atoms with van der Waals surface area (Å²) < 4.78 is 14.3. The molecule has 17 atom stereocenters. The number of hydrogen-bond acceptors (Lipinski definition) is 21. The molecule has 7 saturated heterocycles. The number of hydrogen-bond donors (Lipinski definition) is 2. The van der Waals surface area contributed by atoms with Gasteiger partial charge in [0, 0.05) is 232 Å². The van der Waals surface area contributed by atoms with E-state index in [-0.39, 0.29) is 144 Å². The van der Waals surface area contributed by atoms with Gasteiger partial charge in [0.1, 0.15) is 22.6 Å². The SMILES string of the molecule is Cc1c2n(c3ccccc13)CCN1C(=O)C[C@H]3[C@H](C[N+](=O)[O-])CC[C@]231.O=C1C[C@H]2CNCC[C@]23c2ccsc2CCN13.O=C1C[C@H]2COc3ccccc3[C@]23c2[nH]c4ccccc4c2CCN13.O=C1C[C@H]2COc3ccccc3[C@]23c2ccsc2CCN13.O=C1C[C@H]2[C@H](C[N+](=O)[O-])CC[C@]23C2SC=CC2Sc2ccccc2N13.O=C1C[C@H]2[C@H](C[N+](=O)[O-])CC[C@]23c2sccc2SCCN13. The number of piperidine rings is 1. The number of nitrogens with zero attached hydrogens (tertiary/aromatic N) is 10. The van der Waals surface area contributed by atoms with Crippen LogP contribution in [0.3, 0.4) is 0 Å². The lowest BCUT2D eigenvalue weighted by Crippen LogP contribution is -2.56. The van der Waals surface area contributed by atoms with Gasteiger partial charge in [0.15, 0.2) is 0 Å². The molecule has 0 bridgehead atoms. The standard InChI is InChI=1S/C21H18N2O2.C19H21N3O3.C18H18N2O3S2.C17H15NO2S.C14H16N2O3S2.C13H16N2OS/c24-19-11-13-12-25-18-8-4-2-6-16(18)21(13)20-15(9-10-23(19)21)14-5-1-3-7-17(14)22-20;1-12-14-4-2-3-5-16(14)20-8-9-21-17(23)10-15-13(11-22(24)25)6-7-19(15,21)18(12)20;21-16-9-12-11(10-19(22)23)5-7-18(12)17-15(6-8-24-17)25-14-4-2-1-3-13(14)20(16)18;19-16-9-11-10-20-14-4-2-1-3-12(14)17(11)13-6-8-21-15(13)5-7-18(16)17;17-12-7-10-9(8-16(18)19)1-3-14(10)13-11(2-5-21-13)20-6-4-15(12)14;16-12-7-9-8-14-4-3-13(9)10-2-6-17-11(10)1-5-15(12)13/h1-8,13,22H,9-12H2;2-5,13,15H,6-11H2,1H3;1-4,6,8,11-12,15,17H,5,7,9-10H2;1-4,6,8,11H,5,7,9-10H2;2,5,9-10H,1,3-4,6-8H2;2,6,9,14H,1,3-5,7-8H2/t13-,21-;13-,15-,19+;11-,12-,15?,17?,18+;11-,17-;9-,10-,14+;9-,13+/m000000/s1. The van der Waals surface area contributed by atoms with E-state index in [1.54, 1.807) is 11.3 Å². The second-order valence-corrected chi connectivity index (χ2v) is 46.1. The van der Waals surface area contributed by atoms with E-state index in [0.29, 0.717) is 68.9 Å². The molecular formula is C102H104N12O14S6. The Morgan fingerprint density at radius 1 is 0.493 bits per heavy atom. The van der Waals surface area contributed by atoms with Gasteiger partial charge in [-0.3, -0.25) is 59.1 Å². The molecule has 10 aromatic rings. The Bertz CT molecular complexity index is 6580. The topological polar surface area (TPSA) is 302 Å². The largest absolute Gasteiger partial charge is 0.493 e. The first-order valence-electron chi connectivity index (χ1n) is 47.7. The van der Waals surface area contributed by atoms with Crippen LogP contribution in [-0.4, -0.2) is 185 Å². The van der Waals surface area contributed by atoms with Gasteiger partial charge in [0.25, 0.3) is 0 Å². The zero-order chi connectivity index (χ0) is 91.2. The molecule has 2 unspecified atom stereocenters. The number of benzene rings is 5. The maximum Gasteiger partial charge on any atom is 0.227 e. The lowest BCUT2D eigenvalue weighted by molar-refractivity contribution is -0.489. The van der Waals surface area contributed by atoms with Gasteiger partial charge in [0.05, 0.1) is 46.8 Å². The van der Waals surface area contributed by atoms with Crippen LogP contribution in [0, 0.1) is 90.5 Å². The van der Waals surface area contributed by atoms with E-state index in [1.165, 1.54) is 75.0 Å². The van der Waals surface area contributed by atoms with Crippen LogP contribution in [-0.2, 0) is 82.3 Å². The number of aromatic nitrogens is 2. The molecular weight excluding hydrogens is 1810 g/mol. The number of nitrogens with one attached hydrogen (secondary N) is 2. The van der Waals surface area contributed by atoms with Crippen LogP contribution in [0.25, 0.3) is 21.8 Å². The average Bonchev–Trinajstić information content (AvgIpc) is 1.53. The van der Waals surface area contributed by atoms with Crippen molar-refractivity contribution in [2.24, 2.45) is 53.3 Å². The van der Waals surface area contributed by atoms with Crippen LogP contribution in [0.4, 0.5) is 5.69 Å². The highest BCUT2D eigenvalue weighted by molar-refractivity contribution is 8.06. The van der Waals surface area contributed by atoms with Crippen LogP contribution < -0.4 is 19.7 Å². The molecule has 6 spiro atoms. The summed E-state index contributed by atoms with van der Waals surface area (Å²) in [6, 6.07) is 48.1. The number of para-hydroxylation sites is 5. The number of anilines is 1. The number of carbonyl (C=O) groups is 6. The van der Waals surface area contributed by atoms with E-state index < -0.39 is 5.54 Å². The Morgan fingerprint density at radius 3 is 1.79 bits per heavy atom. The molecule has 2 N–H and O–H groups in total. The zero-order valence-corrected chi connectivity index (χ0v) is 79.3. The van der Waals surface area contributed by atoms with Gasteiger partial charge in [-0.25, -0.2) is 0 Å². The number of rotatable bonds is 6. The number of carbonyl (C=O) groups excluding carboxylic acids is 6. The van der Waals surface area contributed by atoms with Gasteiger partial charge in [0.2, 0.25) is 55.1 Å². The van der Waals surface area contributed by atoms with Crippen molar-refractivity contribution in [3.8, 4) is 11.5 Å². The maximum absolute atomic E-state index is 13.1. The Labute approximate surface area is 799 Å². The fourth-order valence-electron chi connectivity index (χ4n) is 29.6. The van der Waals surface area contributed by atoms with E-state index in [4.69, 9.17) is 9.47 Å². The number of aromatic amines is 1. The molecule has 19 aliphatic rings. The van der Waals surface area contributed by atoms with Crippen molar-refractivity contribution in [3.63, 3.8) is 0 Å². The maximum atomic E-state index is 13.1. The summed E-state index contributed by atoms with van der Waals surface area (Å²) in [5.41, 5.74) is 12.0. The van der Waals surface area contributed by atoms with Crippen LogP contribution in [0.1, 0.15) is 143 Å².